The van der Waals surface area contributed by atoms with Gasteiger partial charge < -0.3 is 25.4 Å². The molecule has 1 aliphatic heterocycles. The monoisotopic (exact) mass is 475 g/mol. The van der Waals surface area contributed by atoms with Gasteiger partial charge in [-0.1, -0.05) is 6.07 Å². The van der Waals surface area contributed by atoms with E-state index in [0.717, 1.165) is 30.3 Å². The van der Waals surface area contributed by atoms with E-state index in [9.17, 15) is 33.3 Å². The fourth-order valence-corrected chi connectivity index (χ4v) is 3.75. The number of pyridine rings is 2. The molecule has 178 valence electrons. The van der Waals surface area contributed by atoms with Gasteiger partial charge in [0.1, 0.15) is 41.0 Å². The molecule has 0 saturated carbocycles. The third kappa shape index (κ3) is 4.64. The van der Waals surface area contributed by atoms with Crippen LogP contribution in [-0.4, -0.2) is 56.1 Å². The zero-order chi connectivity index (χ0) is 24.4. The van der Waals surface area contributed by atoms with Crippen molar-refractivity contribution in [1.82, 2.24) is 9.97 Å². The molecule has 1 aliphatic rings. The van der Waals surface area contributed by atoms with E-state index in [1.807, 2.05) is 0 Å². The van der Waals surface area contributed by atoms with Crippen LogP contribution < -0.4 is 5.32 Å². The Hall–Kier alpha value is -3.38. The number of carbonyl (C=O) groups excluding carboxylic acids is 1. The van der Waals surface area contributed by atoms with Crippen LogP contribution in [0.4, 0.5) is 18.9 Å². The van der Waals surface area contributed by atoms with Crippen LogP contribution in [0.1, 0.15) is 28.6 Å². The summed E-state index contributed by atoms with van der Waals surface area (Å²) in [6.07, 6.45) is -1.57. The van der Waals surface area contributed by atoms with Gasteiger partial charge in [0.25, 0.3) is 5.91 Å². The van der Waals surface area contributed by atoms with Crippen LogP contribution in [0.3, 0.4) is 0 Å². The molecule has 0 spiro atoms. The first kappa shape index (κ1) is 23.8. The fraction of sp³-hybridized carbons (Fsp3) is 0.261. The van der Waals surface area contributed by atoms with E-state index in [4.69, 9.17) is 4.74 Å². The molecule has 0 unspecified atom stereocenters. The van der Waals surface area contributed by atoms with Gasteiger partial charge in [0, 0.05) is 18.2 Å². The number of halogens is 3. The van der Waals surface area contributed by atoms with E-state index in [1.165, 1.54) is 18.5 Å². The number of aromatic nitrogens is 2. The minimum atomic E-state index is -1.28. The number of ether oxygens (including phenoxy) is 1. The molecule has 1 fully saturated rings. The molecule has 1 amide bonds. The maximum atomic E-state index is 14.3. The Morgan fingerprint density at radius 3 is 2.53 bits per heavy atom. The van der Waals surface area contributed by atoms with Crippen LogP contribution in [0.25, 0.3) is 11.3 Å². The number of benzene rings is 1. The molecule has 4 rings (SSSR count). The van der Waals surface area contributed by atoms with E-state index in [1.54, 1.807) is 0 Å². The first-order valence-electron chi connectivity index (χ1n) is 10.3. The predicted octanol–water partition coefficient (Wildman–Crippen LogP) is 2.36. The Morgan fingerprint density at radius 2 is 1.82 bits per heavy atom. The standard InChI is InChI=1S/C23H20F3N3O5/c24-12-2-1-3-13(25)20(12)21-14(26)4-5-15(28-21)23(33)29-16-9-27-7-6-11(16)18-8-17(31)22(32)19(10-30)34-18/h1-7,9,17-19,22,30-32H,8,10H2,(H,29,33)/t17-,18+,19-,22+/m1/s1. The maximum absolute atomic E-state index is 14.3. The summed E-state index contributed by atoms with van der Waals surface area (Å²) < 4.78 is 48.3. The highest BCUT2D eigenvalue weighted by Gasteiger charge is 2.37. The largest absolute Gasteiger partial charge is 0.394 e. The quantitative estimate of drug-likeness (QED) is 0.447. The van der Waals surface area contributed by atoms with Crippen LogP contribution in [0.2, 0.25) is 0 Å². The van der Waals surface area contributed by atoms with Crippen LogP contribution in [-0.2, 0) is 4.74 Å². The Kier molecular flexibility index (Phi) is 6.89. The number of hydrogen-bond acceptors (Lipinski definition) is 7. The number of aliphatic hydroxyl groups is 3. The summed E-state index contributed by atoms with van der Waals surface area (Å²) in [7, 11) is 0. The van der Waals surface area contributed by atoms with Crippen molar-refractivity contribution in [1.29, 1.82) is 0 Å². The van der Waals surface area contributed by atoms with Gasteiger partial charge in [0.05, 0.1) is 36.3 Å². The topological polar surface area (TPSA) is 125 Å². The average Bonchev–Trinajstić information content (AvgIpc) is 2.82. The van der Waals surface area contributed by atoms with E-state index in [-0.39, 0.29) is 17.8 Å². The van der Waals surface area contributed by atoms with Crippen molar-refractivity contribution in [2.24, 2.45) is 0 Å². The summed E-state index contributed by atoms with van der Waals surface area (Å²) in [6, 6.07) is 6.48. The zero-order valence-corrected chi connectivity index (χ0v) is 17.5. The molecule has 8 nitrogen and oxygen atoms in total. The van der Waals surface area contributed by atoms with Gasteiger partial charge in [-0.15, -0.1) is 0 Å². The second-order valence-electron chi connectivity index (χ2n) is 7.68. The highest BCUT2D eigenvalue weighted by atomic mass is 19.1. The van der Waals surface area contributed by atoms with Crippen LogP contribution in [0, 0.1) is 17.5 Å². The Bertz CT molecular complexity index is 1190. The SMILES string of the molecule is O=C(Nc1cnccc1[C@@H]1C[C@@H](O)[C@H](O)[C@@H](CO)O1)c1ccc(F)c(-c2c(F)cccc2F)n1. The molecule has 1 aromatic carbocycles. The van der Waals surface area contributed by atoms with Crippen molar-refractivity contribution in [2.45, 2.75) is 30.8 Å². The Morgan fingerprint density at radius 1 is 1.09 bits per heavy atom. The van der Waals surface area contributed by atoms with Gasteiger partial charge in [-0.2, -0.15) is 0 Å². The van der Waals surface area contributed by atoms with E-state index >= 15 is 0 Å². The smallest absolute Gasteiger partial charge is 0.274 e. The lowest BCUT2D eigenvalue weighted by Gasteiger charge is -2.37. The van der Waals surface area contributed by atoms with Crippen LogP contribution >= 0.6 is 0 Å². The molecule has 34 heavy (non-hydrogen) atoms. The molecular weight excluding hydrogens is 455 g/mol. The number of aliphatic hydroxyl groups excluding tert-OH is 3. The van der Waals surface area contributed by atoms with Crippen molar-refractivity contribution in [2.75, 3.05) is 11.9 Å². The first-order valence-corrected chi connectivity index (χ1v) is 10.3. The van der Waals surface area contributed by atoms with Gasteiger partial charge in [-0.05, 0) is 30.3 Å². The van der Waals surface area contributed by atoms with Crippen molar-refractivity contribution in [3.8, 4) is 11.3 Å². The number of amides is 1. The van der Waals surface area contributed by atoms with Gasteiger partial charge in [-0.25, -0.2) is 18.2 Å². The van der Waals surface area contributed by atoms with Crippen molar-refractivity contribution >= 4 is 11.6 Å². The Balaban J connectivity index is 1.63. The summed E-state index contributed by atoms with van der Waals surface area (Å²) in [5.74, 6) is -3.90. The number of carbonyl (C=O) groups is 1. The summed E-state index contributed by atoms with van der Waals surface area (Å²) >= 11 is 0. The average molecular weight is 475 g/mol. The fourth-order valence-electron chi connectivity index (χ4n) is 3.75. The van der Waals surface area contributed by atoms with Gasteiger partial charge in [0.2, 0.25) is 0 Å². The maximum Gasteiger partial charge on any atom is 0.274 e. The molecular formula is C23H20F3N3O5. The zero-order valence-electron chi connectivity index (χ0n) is 17.5. The molecule has 11 heteroatoms. The molecule has 1 saturated heterocycles. The molecule has 2 aromatic heterocycles. The van der Waals surface area contributed by atoms with Crippen molar-refractivity contribution in [3.63, 3.8) is 0 Å². The molecule has 0 bridgehead atoms. The Labute approximate surface area is 191 Å². The number of anilines is 1. The van der Waals surface area contributed by atoms with Crippen molar-refractivity contribution < 1.29 is 38.0 Å². The summed E-state index contributed by atoms with van der Waals surface area (Å²) in [4.78, 5) is 20.6. The lowest BCUT2D eigenvalue weighted by molar-refractivity contribution is -0.181. The van der Waals surface area contributed by atoms with E-state index in [2.05, 4.69) is 15.3 Å². The third-order valence-electron chi connectivity index (χ3n) is 5.48. The van der Waals surface area contributed by atoms with Gasteiger partial charge in [-0.3, -0.25) is 9.78 Å². The number of rotatable bonds is 5. The van der Waals surface area contributed by atoms with Crippen LogP contribution in [0.15, 0.2) is 48.8 Å². The molecule has 0 radical (unpaired) electrons. The molecule has 4 N–H and O–H groups in total. The predicted molar refractivity (Wildman–Crippen MR) is 113 cm³/mol. The summed E-state index contributed by atoms with van der Waals surface area (Å²) in [6.45, 7) is -0.531. The molecule has 4 atom stereocenters. The summed E-state index contributed by atoms with van der Waals surface area (Å²) in [5.41, 5.74) is -1.11. The molecule has 3 aromatic rings. The second-order valence-corrected chi connectivity index (χ2v) is 7.68. The molecule has 3 heterocycles. The van der Waals surface area contributed by atoms with Crippen molar-refractivity contribution in [3.05, 3.63) is 77.5 Å². The number of nitrogens with zero attached hydrogens (tertiary/aromatic N) is 2. The lowest BCUT2D eigenvalue weighted by Crippen LogP contribution is -2.47. The third-order valence-corrected chi connectivity index (χ3v) is 5.48. The summed E-state index contributed by atoms with van der Waals surface area (Å²) in [5, 5.41) is 32.0. The van der Waals surface area contributed by atoms with Crippen LogP contribution in [0.5, 0.6) is 0 Å². The van der Waals surface area contributed by atoms with E-state index in [0.29, 0.717) is 5.56 Å². The van der Waals surface area contributed by atoms with Gasteiger partial charge >= 0.3 is 0 Å². The highest BCUT2D eigenvalue weighted by molar-refractivity contribution is 6.03. The first-order chi connectivity index (χ1) is 16.3. The lowest BCUT2D eigenvalue weighted by atomic mass is 9.94. The minimum Gasteiger partial charge on any atom is -0.394 e. The highest BCUT2D eigenvalue weighted by Crippen LogP contribution is 2.35. The second kappa shape index (κ2) is 9.85. The van der Waals surface area contributed by atoms with Gasteiger partial charge in [0.15, 0.2) is 0 Å². The van der Waals surface area contributed by atoms with E-state index < -0.39 is 65.6 Å². The number of hydrogen-bond donors (Lipinski definition) is 4. The number of nitrogens with one attached hydrogen (secondary N) is 1. The molecule has 0 aliphatic carbocycles. The minimum absolute atomic E-state index is 0.0178. The normalized spacial score (nSPS) is 22.4.